The van der Waals surface area contributed by atoms with E-state index >= 15 is 0 Å². The molecule has 0 fully saturated rings. The van der Waals surface area contributed by atoms with Gasteiger partial charge in [0.2, 0.25) is 0 Å². The molecular weight excluding hydrogens is 288 g/mol. The molecule has 0 unspecified atom stereocenters. The number of carbonyl (C=O) groups excluding carboxylic acids is 1. The number of carboxylic acids is 1. The summed E-state index contributed by atoms with van der Waals surface area (Å²) in [4.78, 5) is 22.4. The number of Topliss-reactive ketones (excluding diaryl/α,β-unsaturated/α-hetero) is 1. The van der Waals surface area contributed by atoms with E-state index in [2.05, 4.69) is 13.8 Å². The smallest absolute Gasteiger partial charge is 0.328 e. The molecular formula is C20H26O3. The monoisotopic (exact) mass is 314 g/mol. The van der Waals surface area contributed by atoms with Crippen molar-refractivity contribution in [2.45, 2.75) is 47.5 Å². The van der Waals surface area contributed by atoms with Crippen LogP contribution in [0, 0.1) is 5.41 Å². The molecule has 0 saturated heterocycles. The van der Waals surface area contributed by atoms with Crippen LogP contribution in [0.25, 0.3) is 0 Å². The summed E-state index contributed by atoms with van der Waals surface area (Å²) < 4.78 is 0. The molecule has 1 N–H and O–H groups in total. The lowest BCUT2D eigenvalue weighted by Crippen LogP contribution is -2.24. The van der Waals surface area contributed by atoms with Gasteiger partial charge in [-0.1, -0.05) is 49.8 Å². The zero-order valence-corrected chi connectivity index (χ0v) is 14.6. The molecule has 0 aromatic heterocycles. The normalized spacial score (nSPS) is 20.0. The van der Waals surface area contributed by atoms with E-state index in [0.717, 1.165) is 23.1 Å². The minimum atomic E-state index is -0.945. The highest BCUT2D eigenvalue weighted by Crippen LogP contribution is 2.39. The predicted octanol–water partition coefficient (Wildman–Crippen LogP) is 4.78. The highest BCUT2D eigenvalue weighted by Gasteiger charge is 2.30. The summed E-state index contributed by atoms with van der Waals surface area (Å²) >= 11 is 0. The van der Waals surface area contributed by atoms with Gasteiger partial charge in [-0.05, 0) is 49.3 Å². The van der Waals surface area contributed by atoms with Crippen molar-refractivity contribution >= 4 is 11.8 Å². The van der Waals surface area contributed by atoms with E-state index in [0.29, 0.717) is 12.0 Å². The van der Waals surface area contributed by atoms with E-state index < -0.39 is 5.97 Å². The molecule has 0 aromatic rings. The molecule has 1 aliphatic carbocycles. The van der Waals surface area contributed by atoms with Crippen LogP contribution in [-0.4, -0.2) is 16.9 Å². The maximum Gasteiger partial charge on any atom is 0.328 e. The van der Waals surface area contributed by atoms with E-state index in [-0.39, 0.29) is 11.2 Å². The zero-order chi connectivity index (χ0) is 17.6. The van der Waals surface area contributed by atoms with Crippen molar-refractivity contribution in [3.63, 3.8) is 0 Å². The molecule has 3 heteroatoms. The van der Waals surface area contributed by atoms with Crippen molar-refractivity contribution < 1.29 is 14.7 Å². The van der Waals surface area contributed by atoms with Gasteiger partial charge in [-0.2, -0.15) is 0 Å². The lowest BCUT2D eigenvalue weighted by atomic mass is 9.72. The van der Waals surface area contributed by atoms with Gasteiger partial charge in [0.25, 0.3) is 0 Å². The fourth-order valence-electron chi connectivity index (χ4n) is 2.62. The molecule has 124 valence electrons. The van der Waals surface area contributed by atoms with Crippen LogP contribution in [0.3, 0.4) is 0 Å². The first-order chi connectivity index (χ1) is 10.6. The Morgan fingerprint density at radius 3 is 2.43 bits per heavy atom. The summed E-state index contributed by atoms with van der Waals surface area (Å²) in [6.45, 7) is 9.96. The molecule has 1 aliphatic rings. The van der Waals surface area contributed by atoms with Gasteiger partial charge in [0.05, 0.1) is 0 Å². The summed E-state index contributed by atoms with van der Waals surface area (Å²) in [5.41, 5.74) is 3.71. The average Bonchev–Trinajstić information content (AvgIpc) is 2.42. The van der Waals surface area contributed by atoms with E-state index in [1.54, 1.807) is 13.0 Å². The van der Waals surface area contributed by atoms with E-state index in [1.807, 2.05) is 38.2 Å². The molecule has 0 aromatic carbocycles. The number of carbonyl (C=O) groups is 2. The van der Waals surface area contributed by atoms with Gasteiger partial charge in [0.1, 0.15) is 0 Å². The van der Waals surface area contributed by atoms with Crippen LogP contribution >= 0.6 is 0 Å². The van der Waals surface area contributed by atoms with Crippen LogP contribution in [0.15, 0.2) is 58.7 Å². The second kappa shape index (κ2) is 7.91. The Bertz CT molecular complexity index is 638. The molecule has 0 spiro atoms. The number of ketones is 1. The van der Waals surface area contributed by atoms with E-state index in [1.165, 1.54) is 6.08 Å². The zero-order valence-electron chi connectivity index (χ0n) is 14.6. The molecule has 23 heavy (non-hydrogen) atoms. The first-order valence-electron chi connectivity index (χ1n) is 7.82. The molecule has 1 rings (SSSR count). The Kier molecular flexibility index (Phi) is 6.49. The minimum absolute atomic E-state index is 0.0193. The van der Waals surface area contributed by atoms with E-state index in [9.17, 15) is 9.59 Å². The summed E-state index contributed by atoms with van der Waals surface area (Å²) in [6, 6.07) is 0. The summed E-state index contributed by atoms with van der Waals surface area (Å²) in [7, 11) is 0. The maximum absolute atomic E-state index is 11.9. The van der Waals surface area contributed by atoms with Crippen molar-refractivity contribution in [1.82, 2.24) is 0 Å². The van der Waals surface area contributed by atoms with Gasteiger partial charge in [0, 0.05) is 12.5 Å². The van der Waals surface area contributed by atoms with Crippen molar-refractivity contribution in [1.29, 1.82) is 0 Å². The lowest BCUT2D eigenvalue weighted by molar-refractivity contribution is -0.131. The van der Waals surface area contributed by atoms with Crippen LogP contribution in [0.2, 0.25) is 0 Å². The molecule has 0 heterocycles. The molecule has 0 radical (unpaired) electrons. The number of hydrogen-bond acceptors (Lipinski definition) is 2. The Hall–Kier alpha value is -2.16. The molecule has 0 atom stereocenters. The molecule has 3 nitrogen and oxygen atoms in total. The van der Waals surface area contributed by atoms with Gasteiger partial charge >= 0.3 is 5.97 Å². The quantitative estimate of drug-likeness (QED) is 0.587. The predicted molar refractivity (Wildman–Crippen MR) is 94.2 cm³/mol. The molecule has 0 bridgehead atoms. The SMILES string of the molecule is CC1=C(/C=C/C(C)=C\C=C\C(C)=C/C(=O)O)C(C)(C)CCC1=O. The summed E-state index contributed by atoms with van der Waals surface area (Å²) in [5.74, 6) is -0.709. The van der Waals surface area contributed by atoms with Gasteiger partial charge in [-0.3, -0.25) is 4.79 Å². The number of allylic oxidation sites excluding steroid dienone is 9. The highest BCUT2D eigenvalue weighted by atomic mass is 16.4. The van der Waals surface area contributed by atoms with Gasteiger partial charge in [0.15, 0.2) is 5.78 Å². The number of rotatable bonds is 5. The number of hydrogen-bond donors (Lipinski definition) is 1. The largest absolute Gasteiger partial charge is 0.478 e. The summed E-state index contributed by atoms with van der Waals surface area (Å²) in [6.07, 6.45) is 12.2. The molecule has 0 saturated carbocycles. The molecule has 0 amide bonds. The Labute approximate surface area is 138 Å². The average molecular weight is 314 g/mol. The van der Waals surface area contributed by atoms with Crippen LogP contribution in [-0.2, 0) is 9.59 Å². The third kappa shape index (κ3) is 5.85. The number of carboxylic acid groups (broad SMARTS) is 1. The Balaban J connectivity index is 2.89. The Morgan fingerprint density at radius 2 is 1.83 bits per heavy atom. The second-order valence-electron chi connectivity index (χ2n) is 6.68. The van der Waals surface area contributed by atoms with Gasteiger partial charge in [-0.15, -0.1) is 0 Å². The fourth-order valence-corrected chi connectivity index (χ4v) is 2.62. The third-order valence-corrected chi connectivity index (χ3v) is 4.11. The van der Waals surface area contributed by atoms with Crippen LogP contribution in [0.5, 0.6) is 0 Å². The van der Waals surface area contributed by atoms with Crippen LogP contribution < -0.4 is 0 Å². The lowest BCUT2D eigenvalue weighted by Gasteiger charge is -2.32. The second-order valence-corrected chi connectivity index (χ2v) is 6.68. The van der Waals surface area contributed by atoms with E-state index in [4.69, 9.17) is 5.11 Å². The third-order valence-electron chi connectivity index (χ3n) is 4.11. The number of aliphatic carboxylic acids is 1. The van der Waals surface area contributed by atoms with Crippen molar-refractivity contribution in [2.75, 3.05) is 0 Å². The van der Waals surface area contributed by atoms with Gasteiger partial charge < -0.3 is 5.11 Å². The first kappa shape index (κ1) is 18.9. The first-order valence-corrected chi connectivity index (χ1v) is 7.82. The Morgan fingerprint density at radius 1 is 1.17 bits per heavy atom. The molecule has 0 aliphatic heterocycles. The van der Waals surface area contributed by atoms with Crippen molar-refractivity contribution in [3.05, 3.63) is 58.7 Å². The standard InChI is InChI=1S/C20H26O3/c1-14(7-6-8-15(2)13-19(22)23)9-10-17-16(3)18(21)11-12-20(17,4)5/h6-10,13H,11-12H2,1-5H3,(H,22,23)/b8-6+,10-9+,14-7-,15-13-. The van der Waals surface area contributed by atoms with Crippen LogP contribution in [0.4, 0.5) is 0 Å². The fraction of sp³-hybridized carbons (Fsp3) is 0.400. The van der Waals surface area contributed by atoms with Crippen molar-refractivity contribution in [2.24, 2.45) is 5.41 Å². The minimum Gasteiger partial charge on any atom is -0.478 e. The van der Waals surface area contributed by atoms with Crippen LogP contribution in [0.1, 0.15) is 47.5 Å². The van der Waals surface area contributed by atoms with Crippen molar-refractivity contribution in [3.8, 4) is 0 Å². The van der Waals surface area contributed by atoms with Gasteiger partial charge in [-0.25, -0.2) is 4.79 Å². The highest BCUT2D eigenvalue weighted by molar-refractivity contribution is 5.97. The summed E-state index contributed by atoms with van der Waals surface area (Å²) in [5, 5.41) is 8.65. The maximum atomic E-state index is 11.9. The topological polar surface area (TPSA) is 54.4 Å².